The van der Waals surface area contributed by atoms with Crippen molar-refractivity contribution in [3.63, 3.8) is 0 Å². The van der Waals surface area contributed by atoms with Crippen LogP contribution in [0.3, 0.4) is 0 Å². The number of methoxy groups -OCH3 is 1. The van der Waals surface area contributed by atoms with Crippen LogP contribution in [0, 0.1) is 0 Å². The Balaban J connectivity index is 2.46. The molecule has 1 heterocycles. The van der Waals surface area contributed by atoms with Crippen LogP contribution in [-0.4, -0.2) is 34.5 Å². The van der Waals surface area contributed by atoms with Crippen molar-refractivity contribution in [3.8, 4) is 17.1 Å². The highest BCUT2D eigenvalue weighted by Crippen LogP contribution is 2.31. The largest absolute Gasteiger partial charge is 0.496 e. The molecule has 0 N–H and O–H groups in total. The van der Waals surface area contributed by atoms with E-state index < -0.39 is 5.97 Å². The molecule has 0 bridgehead atoms. The van der Waals surface area contributed by atoms with Crippen LogP contribution in [-0.2, 0) is 11.8 Å². The van der Waals surface area contributed by atoms with Crippen molar-refractivity contribution in [2.24, 2.45) is 7.05 Å². The van der Waals surface area contributed by atoms with E-state index in [1.165, 1.54) is 4.68 Å². The fourth-order valence-corrected chi connectivity index (χ4v) is 2.09. The lowest BCUT2D eigenvalue weighted by Crippen LogP contribution is -2.07. The summed E-state index contributed by atoms with van der Waals surface area (Å²) in [5, 5.41) is 4.07. The Kier molecular flexibility index (Phi) is 4.39. The third-order valence-corrected chi connectivity index (χ3v) is 3.12. The van der Waals surface area contributed by atoms with Gasteiger partial charge in [-0.25, -0.2) is 14.5 Å². The van der Waals surface area contributed by atoms with Crippen LogP contribution in [0.25, 0.3) is 11.4 Å². The zero-order chi connectivity index (χ0) is 14.7. The van der Waals surface area contributed by atoms with Gasteiger partial charge >= 0.3 is 5.97 Å². The molecule has 106 valence electrons. The molecule has 0 fully saturated rings. The summed E-state index contributed by atoms with van der Waals surface area (Å²) in [5.41, 5.74) is 0.751. The average molecular weight is 340 g/mol. The predicted molar refractivity (Wildman–Crippen MR) is 76.6 cm³/mol. The molecule has 0 aliphatic carbocycles. The summed E-state index contributed by atoms with van der Waals surface area (Å²) >= 11 is 3.38. The van der Waals surface area contributed by atoms with Gasteiger partial charge in [-0.15, -0.1) is 5.10 Å². The van der Waals surface area contributed by atoms with Gasteiger partial charge in [-0.05, 0) is 25.1 Å². The van der Waals surface area contributed by atoms with Crippen molar-refractivity contribution < 1.29 is 14.3 Å². The fourth-order valence-electron chi connectivity index (χ4n) is 1.75. The quantitative estimate of drug-likeness (QED) is 0.800. The number of ether oxygens (including phenoxy) is 2. The molecule has 2 rings (SSSR count). The van der Waals surface area contributed by atoms with E-state index in [0.29, 0.717) is 11.6 Å². The minimum atomic E-state index is -0.537. The lowest BCUT2D eigenvalue weighted by atomic mass is 10.2. The van der Waals surface area contributed by atoms with Gasteiger partial charge in [-0.1, -0.05) is 15.9 Å². The van der Waals surface area contributed by atoms with Crippen LogP contribution in [0.15, 0.2) is 22.7 Å². The molecule has 0 aliphatic rings. The zero-order valence-electron chi connectivity index (χ0n) is 11.4. The molecule has 0 unspecified atom stereocenters. The van der Waals surface area contributed by atoms with Gasteiger partial charge in [0, 0.05) is 11.5 Å². The Morgan fingerprint density at radius 2 is 2.20 bits per heavy atom. The number of carbonyl (C=O) groups excluding carboxylic acids is 1. The molecule has 0 saturated heterocycles. The zero-order valence-corrected chi connectivity index (χ0v) is 13.0. The van der Waals surface area contributed by atoms with Crippen LogP contribution in [0.1, 0.15) is 17.5 Å². The van der Waals surface area contributed by atoms with E-state index in [0.717, 1.165) is 10.0 Å². The van der Waals surface area contributed by atoms with Gasteiger partial charge < -0.3 is 9.47 Å². The Morgan fingerprint density at radius 3 is 2.85 bits per heavy atom. The smallest absolute Gasteiger partial charge is 0.378 e. The van der Waals surface area contributed by atoms with Gasteiger partial charge in [0.2, 0.25) is 0 Å². The van der Waals surface area contributed by atoms with Crippen LogP contribution >= 0.6 is 15.9 Å². The Bertz CT molecular complexity index is 640. The van der Waals surface area contributed by atoms with Crippen LogP contribution in [0.5, 0.6) is 5.75 Å². The van der Waals surface area contributed by atoms with Gasteiger partial charge in [0.25, 0.3) is 5.82 Å². The summed E-state index contributed by atoms with van der Waals surface area (Å²) in [7, 11) is 3.29. The maximum Gasteiger partial charge on any atom is 0.378 e. The third kappa shape index (κ3) is 2.82. The monoisotopic (exact) mass is 339 g/mol. The summed E-state index contributed by atoms with van der Waals surface area (Å²) in [4.78, 5) is 15.9. The van der Waals surface area contributed by atoms with Crippen molar-refractivity contribution in [1.82, 2.24) is 14.8 Å². The lowest BCUT2D eigenvalue weighted by Gasteiger charge is -2.07. The summed E-state index contributed by atoms with van der Waals surface area (Å²) in [6.45, 7) is 2.02. The molecule has 1 aromatic heterocycles. The molecule has 0 amide bonds. The maximum atomic E-state index is 11.7. The third-order valence-electron chi connectivity index (χ3n) is 2.63. The van der Waals surface area contributed by atoms with Crippen LogP contribution in [0.2, 0.25) is 0 Å². The van der Waals surface area contributed by atoms with Gasteiger partial charge in [0.05, 0.1) is 19.3 Å². The number of carbonyl (C=O) groups is 1. The second-order valence-electron chi connectivity index (χ2n) is 3.95. The first-order valence-corrected chi connectivity index (χ1v) is 6.78. The number of halogens is 1. The second-order valence-corrected chi connectivity index (χ2v) is 4.86. The number of benzene rings is 1. The van der Waals surface area contributed by atoms with E-state index in [1.54, 1.807) is 21.1 Å². The minimum absolute atomic E-state index is 0.0364. The summed E-state index contributed by atoms with van der Waals surface area (Å²) < 4.78 is 12.6. The summed E-state index contributed by atoms with van der Waals surface area (Å²) in [6, 6.07) is 5.55. The molecule has 2 aromatic rings. The number of esters is 1. The molecule has 0 spiro atoms. The van der Waals surface area contributed by atoms with E-state index in [2.05, 4.69) is 26.0 Å². The first-order valence-electron chi connectivity index (χ1n) is 5.99. The number of rotatable bonds is 4. The number of hydrogen-bond donors (Lipinski definition) is 0. The highest BCUT2D eigenvalue weighted by atomic mass is 79.9. The molecule has 0 saturated carbocycles. The van der Waals surface area contributed by atoms with E-state index in [4.69, 9.17) is 9.47 Å². The van der Waals surface area contributed by atoms with Crippen LogP contribution < -0.4 is 4.74 Å². The number of aryl methyl sites for hydroxylation is 1. The maximum absolute atomic E-state index is 11.7. The molecule has 7 heteroatoms. The van der Waals surface area contributed by atoms with E-state index in [-0.39, 0.29) is 12.4 Å². The highest BCUT2D eigenvalue weighted by Gasteiger charge is 2.19. The summed E-state index contributed by atoms with van der Waals surface area (Å²) in [5.74, 6) is 0.683. The Morgan fingerprint density at radius 1 is 1.45 bits per heavy atom. The molecule has 6 nitrogen and oxygen atoms in total. The van der Waals surface area contributed by atoms with Gasteiger partial charge in [0.1, 0.15) is 5.75 Å². The highest BCUT2D eigenvalue weighted by molar-refractivity contribution is 9.10. The molecule has 20 heavy (non-hydrogen) atoms. The SMILES string of the molecule is CCOC(=O)c1nc(-c2ccc(Br)cc2OC)n(C)n1. The van der Waals surface area contributed by atoms with Gasteiger partial charge in [0.15, 0.2) is 5.82 Å². The number of aromatic nitrogens is 3. The molecule has 0 atom stereocenters. The van der Waals surface area contributed by atoms with Gasteiger partial charge in [-0.3, -0.25) is 0 Å². The van der Waals surface area contributed by atoms with E-state index in [9.17, 15) is 4.79 Å². The van der Waals surface area contributed by atoms with Crippen molar-refractivity contribution in [2.75, 3.05) is 13.7 Å². The normalized spacial score (nSPS) is 10.4. The standard InChI is InChI=1S/C13H14BrN3O3/c1-4-20-13(18)11-15-12(17(2)16-11)9-6-5-8(14)7-10(9)19-3/h5-7H,4H2,1-3H3. The lowest BCUT2D eigenvalue weighted by molar-refractivity contribution is 0.0512. The molecule has 0 aliphatic heterocycles. The van der Waals surface area contributed by atoms with Crippen molar-refractivity contribution in [3.05, 3.63) is 28.5 Å². The summed E-state index contributed by atoms with van der Waals surface area (Å²) in [6.07, 6.45) is 0. The molecule has 1 aromatic carbocycles. The molecular weight excluding hydrogens is 326 g/mol. The molecular formula is C13H14BrN3O3. The van der Waals surface area contributed by atoms with Crippen LogP contribution in [0.4, 0.5) is 0 Å². The topological polar surface area (TPSA) is 66.2 Å². The molecule has 0 radical (unpaired) electrons. The fraction of sp³-hybridized carbons (Fsp3) is 0.308. The second kappa shape index (κ2) is 6.04. The number of hydrogen-bond acceptors (Lipinski definition) is 5. The number of nitrogens with zero attached hydrogens (tertiary/aromatic N) is 3. The first-order chi connectivity index (χ1) is 9.56. The van der Waals surface area contributed by atoms with Crippen molar-refractivity contribution in [2.45, 2.75) is 6.92 Å². The predicted octanol–water partition coefficient (Wildman–Crippen LogP) is 2.43. The van der Waals surface area contributed by atoms with E-state index in [1.807, 2.05) is 18.2 Å². The first kappa shape index (κ1) is 14.5. The van der Waals surface area contributed by atoms with Crippen molar-refractivity contribution >= 4 is 21.9 Å². The van der Waals surface area contributed by atoms with E-state index >= 15 is 0 Å². The minimum Gasteiger partial charge on any atom is -0.496 e. The Hall–Kier alpha value is -1.89. The van der Waals surface area contributed by atoms with Crippen molar-refractivity contribution in [1.29, 1.82) is 0 Å². The Labute approximate surface area is 124 Å². The van der Waals surface area contributed by atoms with Gasteiger partial charge in [-0.2, -0.15) is 0 Å². The average Bonchev–Trinajstić information content (AvgIpc) is 2.81.